The maximum absolute atomic E-state index is 13.2. The number of nitrogens with zero attached hydrogens (tertiary/aromatic N) is 1. The summed E-state index contributed by atoms with van der Waals surface area (Å²) in [5.74, 6) is 0. The molecular weight excluding hydrogens is 308 g/mol. The number of nitrogens with one attached hydrogen (secondary N) is 1. The van der Waals surface area contributed by atoms with Crippen molar-refractivity contribution in [3.63, 3.8) is 0 Å². The zero-order chi connectivity index (χ0) is 17.8. The van der Waals surface area contributed by atoms with E-state index in [1.165, 1.54) is 0 Å². The van der Waals surface area contributed by atoms with Gasteiger partial charge in [0, 0.05) is 5.69 Å². The maximum Gasteiger partial charge on any atom is 0.330 e. The first-order valence-electron chi connectivity index (χ1n) is 8.36. The van der Waals surface area contributed by atoms with Crippen LogP contribution in [-0.4, -0.2) is 6.03 Å². The number of benzene rings is 3. The standard InChI is InChI=1S/C22H22N2O/c1-16-10-4-7-13-19(16)23-22(25)24(20-14-8-5-11-17(20)2)21-15-9-6-12-18(21)3/h4-15H,1-3H3,(H,23,25). The highest BCUT2D eigenvalue weighted by Gasteiger charge is 2.21. The summed E-state index contributed by atoms with van der Waals surface area (Å²) < 4.78 is 0. The molecule has 0 atom stereocenters. The monoisotopic (exact) mass is 330 g/mol. The molecule has 0 heterocycles. The summed E-state index contributed by atoms with van der Waals surface area (Å²) in [6, 6.07) is 23.5. The molecule has 3 aromatic rings. The summed E-state index contributed by atoms with van der Waals surface area (Å²) >= 11 is 0. The van der Waals surface area contributed by atoms with Crippen LogP contribution in [0.5, 0.6) is 0 Å². The molecule has 2 amide bonds. The van der Waals surface area contributed by atoms with E-state index >= 15 is 0 Å². The molecule has 0 unspecified atom stereocenters. The predicted molar refractivity (Wildman–Crippen MR) is 105 cm³/mol. The Labute approximate surface area is 148 Å². The molecule has 0 aliphatic rings. The highest BCUT2D eigenvalue weighted by molar-refractivity contribution is 6.08. The van der Waals surface area contributed by atoms with Crippen LogP contribution in [0.3, 0.4) is 0 Å². The molecule has 0 aliphatic carbocycles. The lowest BCUT2D eigenvalue weighted by Gasteiger charge is -2.26. The van der Waals surface area contributed by atoms with Gasteiger partial charge in [0.05, 0.1) is 11.4 Å². The van der Waals surface area contributed by atoms with Crippen LogP contribution in [0, 0.1) is 20.8 Å². The summed E-state index contributed by atoms with van der Waals surface area (Å²) in [6.07, 6.45) is 0. The Balaban J connectivity index is 2.06. The van der Waals surface area contributed by atoms with Crippen LogP contribution in [0.4, 0.5) is 21.9 Å². The average molecular weight is 330 g/mol. The lowest BCUT2D eigenvalue weighted by molar-refractivity contribution is 0.259. The Morgan fingerprint density at radius 2 is 1.12 bits per heavy atom. The minimum absolute atomic E-state index is 0.169. The maximum atomic E-state index is 13.2. The number of urea groups is 1. The van der Waals surface area contributed by atoms with Crippen LogP contribution in [-0.2, 0) is 0 Å². The van der Waals surface area contributed by atoms with Gasteiger partial charge in [-0.3, -0.25) is 4.90 Å². The summed E-state index contributed by atoms with van der Waals surface area (Å²) in [5, 5.41) is 3.05. The van der Waals surface area contributed by atoms with Crippen molar-refractivity contribution in [1.82, 2.24) is 0 Å². The Bertz CT molecular complexity index is 856. The number of hydrogen-bond donors (Lipinski definition) is 1. The second kappa shape index (κ2) is 7.22. The Hall–Kier alpha value is -3.07. The molecule has 0 bridgehead atoms. The number of para-hydroxylation sites is 3. The van der Waals surface area contributed by atoms with E-state index in [4.69, 9.17) is 0 Å². The van der Waals surface area contributed by atoms with Gasteiger partial charge in [-0.05, 0) is 55.7 Å². The van der Waals surface area contributed by atoms with Crippen molar-refractivity contribution >= 4 is 23.1 Å². The summed E-state index contributed by atoms with van der Waals surface area (Å²) in [4.78, 5) is 14.9. The van der Waals surface area contributed by atoms with Crippen LogP contribution < -0.4 is 10.2 Å². The first-order chi connectivity index (χ1) is 12.1. The van der Waals surface area contributed by atoms with Crippen LogP contribution in [0.2, 0.25) is 0 Å². The molecule has 3 aromatic carbocycles. The molecule has 0 saturated heterocycles. The molecule has 0 fully saturated rings. The molecule has 126 valence electrons. The van der Waals surface area contributed by atoms with E-state index in [1.807, 2.05) is 93.6 Å². The normalized spacial score (nSPS) is 10.4. The van der Waals surface area contributed by atoms with E-state index in [0.717, 1.165) is 33.8 Å². The van der Waals surface area contributed by atoms with Gasteiger partial charge in [-0.2, -0.15) is 0 Å². The van der Waals surface area contributed by atoms with Gasteiger partial charge >= 0.3 is 6.03 Å². The lowest BCUT2D eigenvalue weighted by Crippen LogP contribution is -2.32. The minimum atomic E-state index is -0.169. The molecule has 25 heavy (non-hydrogen) atoms. The quantitative estimate of drug-likeness (QED) is 0.629. The fraction of sp³-hybridized carbons (Fsp3) is 0.136. The zero-order valence-corrected chi connectivity index (χ0v) is 14.8. The van der Waals surface area contributed by atoms with Gasteiger partial charge in [-0.25, -0.2) is 4.79 Å². The second-order valence-corrected chi connectivity index (χ2v) is 6.15. The molecule has 0 radical (unpaired) electrons. The van der Waals surface area contributed by atoms with Crippen molar-refractivity contribution in [3.8, 4) is 0 Å². The molecule has 1 N–H and O–H groups in total. The molecule has 0 saturated carbocycles. The van der Waals surface area contributed by atoms with Crippen molar-refractivity contribution in [2.75, 3.05) is 10.2 Å². The number of carbonyl (C=O) groups is 1. The third-order valence-corrected chi connectivity index (χ3v) is 4.30. The highest BCUT2D eigenvalue weighted by atomic mass is 16.2. The number of amides is 2. The third kappa shape index (κ3) is 3.56. The Morgan fingerprint density at radius 3 is 1.60 bits per heavy atom. The van der Waals surface area contributed by atoms with Gasteiger partial charge < -0.3 is 5.32 Å². The zero-order valence-electron chi connectivity index (χ0n) is 14.8. The molecule has 0 aromatic heterocycles. The summed E-state index contributed by atoms with van der Waals surface area (Å²) in [5.41, 5.74) is 5.70. The van der Waals surface area contributed by atoms with Crippen LogP contribution in [0.15, 0.2) is 72.8 Å². The van der Waals surface area contributed by atoms with E-state index in [-0.39, 0.29) is 6.03 Å². The molecule has 3 nitrogen and oxygen atoms in total. The predicted octanol–water partition coefficient (Wildman–Crippen LogP) is 5.98. The van der Waals surface area contributed by atoms with Gasteiger partial charge in [0.25, 0.3) is 0 Å². The fourth-order valence-corrected chi connectivity index (χ4v) is 2.86. The summed E-state index contributed by atoms with van der Waals surface area (Å²) in [7, 11) is 0. The van der Waals surface area contributed by atoms with E-state index in [2.05, 4.69) is 5.32 Å². The van der Waals surface area contributed by atoms with E-state index < -0.39 is 0 Å². The van der Waals surface area contributed by atoms with Crippen LogP contribution >= 0.6 is 0 Å². The first kappa shape index (κ1) is 16.8. The van der Waals surface area contributed by atoms with Crippen molar-refractivity contribution in [1.29, 1.82) is 0 Å². The molecule has 3 heteroatoms. The number of carbonyl (C=O) groups excluding carboxylic acids is 1. The second-order valence-electron chi connectivity index (χ2n) is 6.15. The van der Waals surface area contributed by atoms with Gasteiger partial charge in [0.2, 0.25) is 0 Å². The lowest BCUT2D eigenvalue weighted by atomic mass is 10.1. The van der Waals surface area contributed by atoms with Crippen molar-refractivity contribution in [2.45, 2.75) is 20.8 Å². The van der Waals surface area contributed by atoms with Crippen LogP contribution in [0.1, 0.15) is 16.7 Å². The highest BCUT2D eigenvalue weighted by Crippen LogP contribution is 2.31. The SMILES string of the molecule is Cc1ccccc1NC(=O)N(c1ccccc1C)c1ccccc1C. The summed E-state index contributed by atoms with van der Waals surface area (Å²) in [6.45, 7) is 6.02. The number of anilines is 3. The molecule has 0 spiro atoms. The number of hydrogen-bond acceptors (Lipinski definition) is 1. The number of rotatable bonds is 3. The van der Waals surface area contributed by atoms with Gasteiger partial charge in [-0.15, -0.1) is 0 Å². The van der Waals surface area contributed by atoms with E-state index in [0.29, 0.717) is 0 Å². The van der Waals surface area contributed by atoms with E-state index in [9.17, 15) is 4.79 Å². The third-order valence-electron chi connectivity index (χ3n) is 4.30. The smallest absolute Gasteiger partial charge is 0.307 e. The van der Waals surface area contributed by atoms with Crippen LogP contribution in [0.25, 0.3) is 0 Å². The van der Waals surface area contributed by atoms with Gasteiger partial charge in [0.15, 0.2) is 0 Å². The minimum Gasteiger partial charge on any atom is -0.307 e. The van der Waals surface area contributed by atoms with Crippen molar-refractivity contribution in [3.05, 3.63) is 89.5 Å². The molecule has 3 rings (SSSR count). The topological polar surface area (TPSA) is 32.3 Å². The van der Waals surface area contributed by atoms with Gasteiger partial charge in [0.1, 0.15) is 0 Å². The number of aryl methyl sites for hydroxylation is 3. The van der Waals surface area contributed by atoms with E-state index in [1.54, 1.807) is 4.90 Å². The molecular formula is C22H22N2O. The fourth-order valence-electron chi connectivity index (χ4n) is 2.86. The van der Waals surface area contributed by atoms with Crippen molar-refractivity contribution < 1.29 is 4.79 Å². The Kier molecular flexibility index (Phi) is 4.85. The largest absolute Gasteiger partial charge is 0.330 e. The van der Waals surface area contributed by atoms with Gasteiger partial charge in [-0.1, -0.05) is 54.6 Å². The first-order valence-corrected chi connectivity index (χ1v) is 8.36. The van der Waals surface area contributed by atoms with Crippen molar-refractivity contribution in [2.24, 2.45) is 0 Å². The average Bonchev–Trinajstić information content (AvgIpc) is 2.60. The molecule has 0 aliphatic heterocycles. The Morgan fingerprint density at radius 1 is 0.680 bits per heavy atom.